The third-order valence-electron chi connectivity index (χ3n) is 5.00. The van der Waals surface area contributed by atoms with Crippen molar-refractivity contribution in [3.8, 4) is 0 Å². The number of carbonyl (C=O) groups is 2. The van der Waals surface area contributed by atoms with Crippen molar-refractivity contribution in [3.63, 3.8) is 0 Å². The summed E-state index contributed by atoms with van der Waals surface area (Å²) in [5, 5.41) is 0. The summed E-state index contributed by atoms with van der Waals surface area (Å²) in [6.45, 7) is 10.1. The van der Waals surface area contributed by atoms with Crippen LogP contribution in [-0.4, -0.2) is 11.6 Å². The summed E-state index contributed by atoms with van der Waals surface area (Å²) >= 11 is 0. The van der Waals surface area contributed by atoms with Gasteiger partial charge in [-0.15, -0.1) is 6.58 Å². The Labute approximate surface area is 156 Å². The molecule has 0 aliphatic carbocycles. The van der Waals surface area contributed by atoms with Gasteiger partial charge in [0, 0.05) is 12.8 Å². The van der Waals surface area contributed by atoms with Gasteiger partial charge >= 0.3 is 0 Å². The van der Waals surface area contributed by atoms with Gasteiger partial charge in [0.15, 0.2) is 11.6 Å². The van der Waals surface area contributed by atoms with Gasteiger partial charge in [-0.2, -0.15) is 0 Å². The number of Topliss-reactive ketones (excluding diaryl/α,β-unsaturated/α-hetero) is 2. The van der Waals surface area contributed by atoms with Gasteiger partial charge in [-0.3, -0.25) is 9.59 Å². The summed E-state index contributed by atoms with van der Waals surface area (Å²) in [6.07, 6.45) is 17.0. The number of ketones is 2. The van der Waals surface area contributed by atoms with Gasteiger partial charge in [-0.1, -0.05) is 90.0 Å². The van der Waals surface area contributed by atoms with Crippen LogP contribution in [0.5, 0.6) is 0 Å². The second-order valence-corrected chi connectivity index (χ2v) is 7.92. The number of hydrogen-bond acceptors (Lipinski definition) is 2. The number of rotatable bonds is 18. The van der Waals surface area contributed by atoms with Crippen LogP contribution in [0, 0.1) is 5.92 Å². The van der Waals surface area contributed by atoms with Crippen LogP contribution in [0.15, 0.2) is 12.2 Å². The molecule has 0 aromatic rings. The molecule has 0 spiro atoms. The first kappa shape index (κ1) is 24.1. The van der Waals surface area contributed by atoms with Crippen molar-refractivity contribution in [1.82, 2.24) is 0 Å². The molecular formula is C23H42O2. The Morgan fingerprint density at radius 2 is 1.20 bits per heavy atom. The maximum atomic E-state index is 11.8. The fourth-order valence-electron chi connectivity index (χ4n) is 3.11. The molecule has 0 heterocycles. The minimum atomic E-state index is -0.214. The Morgan fingerprint density at radius 1 is 0.720 bits per heavy atom. The van der Waals surface area contributed by atoms with Gasteiger partial charge in [0.25, 0.3) is 0 Å². The number of carbonyl (C=O) groups excluding carboxylic acids is 2. The van der Waals surface area contributed by atoms with Crippen LogP contribution in [0.25, 0.3) is 0 Å². The number of allylic oxidation sites excluding steroid dienone is 1. The standard InChI is InChI=1S/C23H42O2/c1-5-6-7-8-9-10-11-12-13-14-15-21(4)17-19-23(25)22(24)18-16-20(2)3/h21H,2,5-19H2,1,3-4H3. The van der Waals surface area contributed by atoms with Gasteiger partial charge in [-0.25, -0.2) is 0 Å². The molecule has 0 bridgehead atoms. The molecule has 2 heteroatoms. The van der Waals surface area contributed by atoms with E-state index in [1.54, 1.807) is 0 Å². The average molecular weight is 351 g/mol. The molecule has 0 amide bonds. The predicted molar refractivity (Wildman–Crippen MR) is 109 cm³/mol. The molecule has 25 heavy (non-hydrogen) atoms. The Kier molecular flexibility index (Phi) is 15.9. The molecule has 0 aromatic heterocycles. The van der Waals surface area contributed by atoms with Crippen molar-refractivity contribution in [1.29, 1.82) is 0 Å². The van der Waals surface area contributed by atoms with E-state index in [1.165, 1.54) is 70.6 Å². The van der Waals surface area contributed by atoms with Gasteiger partial charge in [0.05, 0.1) is 0 Å². The number of unbranched alkanes of at least 4 members (excludes halogenated alkanes) is 9. The zero-order valence-electron chi connectivity index (χ0n) is 17.2. The monoisotopic (exact) mass is 350 g/mol. The average Bonchev–Trinajstić information content (AvgIpc) is 2.59. The molecule has 1 unspecified atom stereocenters. The van der Waals surface area contributed by atoms with Gasteiger partial charge < -0.3 is 0 Å². The zero-order chi connectivity index (χ0) is 18.9. The highest BCUT2D eigenvalue weighted by Gasteiger charge is 2.14. The van der Waals surface area contributed by atoms with Crippen LogP contribution >= 0.6 is 0 Å². The number of hydrogen-bond donors (Lipinski definition) is 0. The highest BCUT2D eigenvalue weighted by Crippen LogP contribution is 2.17. The van der Waals surface area contributed by atoms with E-state index in [9.17, 15) is 9.59 Å². The topological polar surface area (TPSA) is 34.1 Å². The summed E-state index contributed by atoms with van der Waals surface area (Å²) in [4.78, 5) is 23.5. The third kappa shape index (κ3) is 16.3. The predicted octanol–water partition coefficient (Wildman–Crippen LogP) is 7.21. The first-order chi connectivity index (χ1) is 12.0. The Morgan fingerprint density at radius 3 is 1.72 bits per heavy atom. The van der Waals surface area contributed by atoms with E-state index in [1.807, 2.05) is 6.92 Å². The summed E-state index contributed by atoms with van der Waals surface area (Å²) < 4.78 is 0. The fourth-order valence-corrected chi connectivity index (χ4v) is 3.11. The molecule has 0 radical (unpaired) electrons. The molecule has 2 nitrogen and oxygen atoms in total. The van der Waals surface area contributed by atoms with Gasteiger partial charge in [0.2, 0.25) is 0 Å². The molecule has 1 atom stereocenters. The van der Waals surface area contributed by atoms with Crippen LogP contribution in [0.3, 0.4) is 0 Å². The van der Waals surface area contributed by atoms with Crippen LogP contribution in [0.1, 0.15) is 117 Å². The van der Waals surface area contributed by atoms with Crippen molar-refractivity contribution in [2.45, 2.75) is 117 Å². The SMILES string of the molecule is C=C(C)CCC(=O)C(=O)CCC(C)CCCCCCCCCCCC. The van der Waals surface area contributed by atoms with Crippen molar-refractivity contribution >= 4 is 11.6 Å². The molecule has 0 aliphatic rings. The van der Waals surface area contributed by atoms with E-state index in [4.69, 9.17) is 0 Å². The maximum Gasteiger partial charge on any atom is 0.198 e. The summed E-state index contributed by atoms with van der Waals surface area (Å²) in [5.74, 6) is 0.150. The quantitative estimate of drug-likeness (QED) is 0.149. The van der Waals surface area contributed by atoms with Crippen molar-refractivity contribution in [2.75, 3.05) is 0 Å². The fraction of sp³-hybridized carbons (Fsp3) is 0.826. The molecular weight excluding hydrogens is 308 g/mol. The van der Waals surface area contributed by atoms with Crippen LogP contribution in [0.4, 0.5) is 0 Å². The first-order valence-electron chi connectivity index (χ1n) is 10.7. The van der Waals surface area contributed by atoms with E-state index < -0.39 is 0 Å². The van der Waals surface area contributed by atoms with Crippen LogP contribution in [0.2, 0.25) is 0 Å². The van der Waals surface area contributed by atoms with Crippen LogP contribution in [-0.2, 0) is 9.59 Å². The second kappa shape index (κ2) is 16.5. The normalized spacial score (nSPS) is 12.1. The Balaban J connectivity index is 3.49. The first-order valence-corrected chi connectivity index (χ1v) is 10.7. The Bertz CT molecular complexity index is 370. The molecule has 0 saturated carbocycles. The molecule has 0 aromatic carbocycles. The molecule has 146 valence electrons. The van der Waals surface area contributed by atoms with E-state index >= 15 is 0 Å². The molecule has 0 saturated heterocycles. The largest absolute Gasteiger partial charge is 0.291 e. The van der Waals surface area contributed by atoms with Crippen molar-refractivity contribution < 1.29 is 9.59 Å². The lowest BCUT2D eigenvalue weighted by Gasteiger charge is -2.10. The molecule has 0 N–H and O–H groups in total. The summed E-state index contributed by atoms with van der Waals surface area (Å²) in [5.41, 5.74) is 0.968. The highest BCUT2D eigenvalue weighted by molar-refractivity contribution is 6.37. The molecule has 0 rings (SSSR count). The van der Waals surface area contributed by atoms with E-state index in [2.05, 4.69) is 20.4 Å². The second-order valence-electron chi connectivity index (χ2n) is 7.92. The van der Waals surface area contributed by atoms with Gasteiger partial charge in [0.1, 0.15) is 0 Å². The van der Waals surface area contributed by atoms with Crippen molar-refractivity contribution in [3.05, 3.63) is 12.2 Å². The smallest absolute Gasteiger partial charge is 0.198 e. The van der Waals surface area contributed by atoms with Crippen LogP contribution < -0.4 is 0 Å². The van der Waals surface area contributed by atoms with E-state index in [0.717, 1.165) is 12.0 Å². The highest BCUT2D eigenvalue weighted by atomic mass is 16.2. The minimum absolute atomic E-state index is 0.184. The summed E-state index contributed by atoms with van der Waals surface area (Å²) in [6, 6.07) is 0. The summed E-state index contributed by atoms with van der Waals surface area (Å²) in [7, 11) is 0. The van der Waals surface area contributed by atoms with E-state index in [0.29, 0.717) is 25.2 Å². The lowest BCUT2D eigenvalue weighted by Crippen LogP contribution is -2.14. The molecule has 0 fully saturated rings. The van der Waals surface area contributed by atoms with Crippen molar-refractivity contribution in [2.24, 2.45) is 5.92 Å². The van der Waals surface area contributed by atoms with E-state index in [-0.39, 0.29) is 11.6 Å². The third-order valence-corrected chi connectivity index (χ3v) is 5.00. The molecule has 0 aliphatic heterocycles. The maximum absolute atomic E-state index is 11.8. The van der Waals surface area contributed by atoms with Gasteiger partial charge in [-0.05, 0) is 25.7 Å². The zero-order valence-corrected chi connectivity index (χ0v) is 17.2. The lowest BCUT2D eigenvalue weighted by atomic mass is 9.95. The lowest BCUT2D eigenvalue weighted by molar-refractivity contribution is -0.136. The minimum Gasteiger partial charge on any atom is -0.291 e. The Hall–Kier alpha value is -0.920.